The second-order valence-electron chi connectivity index (χ2n) is 7.04. The third kappa shape index (κ3) is 5.20. The normalized spacial score (nSPS) is 14.5. The quantitative estimate of drug-likeness (QED) is 0.736. The van der Waals surface area contributed by atoms with Crippen molar-refractivity contribution in [2.45, 2.75) is 33.6 Å². The topological polar surface area (TPSA) is 3.24 Å². The summed E-state index contributed by atoms with van der Waals surface area (Å²) in [5, 5.41) is 0. The molecule has 0 radical (unpaired) electrons. The van der Waals surface area contributed by atoms with E-state index in [1.54, 1.807) is 0 Å². The van der Waals surface area contributed by atoms with Gasteiger partial charge in [-0.2, -0.15) is 0 Å². The van der Waals surface area contributed by atoms with Crippen LogP contribution in [0.1, 0.15) is 38.3 Å². The largest absolute Gasteiger partial charge is 0.298 e. The molecule has 0 heterocycles. The smallest absolute Gasteiger partial charge is 0.0236 e. The zero-order valence-corrected chi connectivity index (χ0v) is 14.3. The second kappa shape index (κ2) is 7.47. The van der Waals surface area contributed by atoms with Crippen LogP contribution in [0.3, 0.4) is 0 Å². The Morgan fingerprint density at radius 3 is 2.77 bits per heavy atom. The maximum Gasteiger partial charge on any atom is 0.0236 e. The molecule has 0 bridgehead atoms. The third-order valence-electron chi connectivity index (χ3n) is 3.67. The summed E-state index contributed by atoms with van der Waals surface area (Å²) in [7, 11) is 2.17. The number of hydrogen-bond donors (Lipinski definition) is 0. The maximum absolute atomic E-state index is 3.22. The SMILES string of the molecule is CN(C/C=C/C#CC(C)(C)C)CC1=CCCc2ccccc21. The standard InChI is InChI=1S/C21H27N/c1-21(2,3)15-8-5-9-16-22(4)17-19-13-10-12-18-11-6-7-14-20(18)19/h5-7,9,11,13-14H,10,12,16-17H2,1-4H3/b9-5+. The van der Waals surface area contributed by atoms with Crippen LogP contribution in [0.5, 0.6) is 0 Å². The Bertz CT molecular complexity index is 617. The molecule has 0 unspecified atom stereocenters. The molecule has 22 heavy (non-hydrogen) atoms. The molecule has 1 aromatic carbocycles. The first-order chi connectivity index (χ1) is 10.5. The monoisotopic (exact) mass is 293 g/mol. The Morgan fingerprint density at radius 2 is 2.00 bits per heavy atom. The summed E-state index contributed by atoms with van der Waals surface area (Å²) in [6.07, 6.45) is 8.85. The van der Waals surface area contributed by atoms with Crippen molar-refractivity contribution in [3.8, 4) is 11.8 Å². The fraction of sp³-hybridized carbons (Fsp3) is 0.429. The molecule has 0 atom stereocenters. The maximum atomic E-state index is 3.22. The van der Waals surface area contributed by atoms with Crippen molar-refractivity contribution >= 4 is 5.57 Å². The van der Waals surface area contributed by atoms with Crippen LogP contribution in [0, 0.1) is 17.3 Å². The molecule has 0 amide bonds. The van der Waals surface area contributed by atoms with Gasteiger partial charge in [-0.3, -0.25) is 4.90 Å². The summed E-state index contributed by atoms with van der Waals surface area (Å²) in [5.41, 5.74) is 4.45. The van der Waals surface area contributed by atoms with E-state index in [9.17, 15) is 0 Å². The van der Waals surface area contributed by atoms with Crippen LogP contribution in [0.4, 0.5) is 0 Å². The van der Waals surface area contributed by atoms with E-state index in [-0.39, 0.29) is 5.41 Å². The summed E-state index contributed by atoms with van der Waals surface area (Å²) < 4.78 is 0. The highest BCUT2D eigenvalue weighted by Crippen LogP contribution is 2.26. The van der Waals surface area contributed by atoms with Gasteiger partial charge in [-0.25, -0.2) is 0 Å². The van der Waals surface area contributed by atoms with E-state index in [0.717, 1.165) is 19.5 Å². The second-order valence-corrected chi connectivity index (χ2v) is 7.04. The minimum Gasteiger partial charge on any atom is -0.298 e. The first kappa shape index (κ1) is 16.6. The molecule has 1 aromatic rings. The molecule has 0 saturated carbocycles. The minimum atomic E-state index is 0.0763. The van der Waals surface area contributed by atoms with Gasteiger partial charge in [0.25, 0.3) is 0 Å². The fourth-order valence-electron chi connectivity index (χ4n) is 2.62. The van der Waals surface area contributed by atoms with Gasteiger partial charge in [0.1, 0.15) is 0 Å². The van der Waals surface area contributed by atoms with E-state index >= 15 is 0 Å². The van der Waals surface area contributed by atoms with E-state index in [1.165, 1.54) is 23.1 Å². The summed E-state index contributed by atoms with van der Waals surface area (Å²) in [4.78, 5) is 2.34. The number of allylic oxidation sites excluding steroid dienone is 2. The van der Waals surface area contributed by atoms with E-state index in [2.05, 4.69) is 81.0 Å². The van der Waals surface area contributed by atoms with Crippen molar-refractivity contribution in [2.75, 3.05) is 20.1 Å². The predicted octanol–water partition coefficient (Wildman–Crippen LogP) is 4.55. The van der Waals surface area contributed by atoms with Crippen LogP contribution in [-0.4, -0.2) is 25.0 Å². The molecule has 0 aromatic heterocycles. The average Bonchev–Trinajstić information content (AvgIpc) is 2.46. The Balaban J connectivity index is 1.90. The van der Waals surface area contributed by atoms with Crippen LogP contribution in [-0.2, 0) is 6.42 Å². The van der Waals surface area contributed by atoms with Crippen molar-refractivity contribution in [3.63, 3.8) is 0 Å². The van der Waals surface area contributed by atoms with Crippen molar-refractivity contribution < 1.29 is 0 Å². The Labute approximate surface area is 135 Å². The zero-order chi connectivity index (χ0) is 16.0. The number of benzene rings is 1. The van der Waals surface area contributed by atoms with Crippen LogP contribution < -0.4 is 0 Å². The number of hydrogen-bond acceptors (Lipinski definition) is 1. The number of rotatable bonds is 4. The lowest BCUT2D eigenvalue weighted by atomic mass is 9.90. The number of fused-ring (bicyclic) bond motifs is 1. The molecule has 1 heteroatoms. The van der Waals surface area contributed by atoms with Gasteiger partial charge in [-0.05, 0) is 63.4 Å². The number of likely N-dealkylation sites (N-methyl/N-ethyl adjacent to an activating group) is 1. The van der Waals surface area contributed by atoms with Crippen LogP contribution in [0.2, 0.25) is 0 Å². The molecule has 1 aliphatic rings. The van der Waals surface area contributed by atoms with E-state index in [0.29, 0.717) is 0 Å². The Kier molecular flexibility index (Phi) is 5.63. The molecule has 0 spiro atoms. The molecule has 1 nitrogen and oxygen atoms in total. The summed E-state index contributed by atoms with van der Waals surface area (Å²) in [6, 6.07) is 8.78. The number of aryl methyl sites for hydroxylation is 1. The van der Waals surface area contributed by atoms with Crippen molar-refractivity contribution in [2.24, 2.45) is 5.41 Å². The van der Waals surface area contributed by atoms with Crippen molar-refractivity contribution in [1.82, 2.24) is 4.90 Å². The molecular weight excluding hydrogens is 266 g/mol. The predicted molar refractivity (Wildman–Crippen MR) is 96.6 cm³/mol. The molecular formula is C21H27N. The lowest BCUT2D eigenvalue weighted by Gasteiger charge is -2.22. The van der Waals surface area contributed by atoms with Gasteiger partial charge in [0.05, 0.1) is 0 Å². The minimum absolute atomic E-state index is 0.0763. The van der Waals surface area contributed by atoms with Gasteiger partial charge >= 0.3 is 0 Å². The van der Waals surface area contributed by atoms with Gasteiger partial charge in [0.15, 0.2) is 0 Å². The van der Waals surface area contributed by atoms with Gasteiger partial charge in [-0.1, -0.05) is 48.3 Å². The number of nitrogens with zero attached hydrogens (tertiary/aromatic N) is 1. The molecule has 1 aliphatic carbocycles. The van der Waals surface area contributed by atoms with Crippen molar-refractivity contribution in [1.29, 1.82) is 0 Å². The summed E-state index contributed by atoms with van der Waals surface area (Å²) in [6.45, 7) is 8.32. The highest BCUT2D eigenvalue weighted by atomic mass is 15.1. The highest BCUT2D eigenvalue weighted by molar-refractivity contribution is 5.71. The molecule has 0 saturated heterocycles. The fourth-order valence-corrected chi connectivity index (χ4v) is 2.62. The molecule has 0 N–H and O–H groups in total. The Morgan fingerprint density at radius 1 is 1.23 bits per heavy atom. The highest BCUT2D eigenvalue weighted by Gasteiger charge is 2.12. The first-order valence-corrected chi connectivity index (χ1v) is 8.09. The van der Waals surface area contributed by atoms with Crippen LogP contribution in [0.25, 0.3) is 5.57 Å². The molecule has 116 valence electrons. The molecule has 2 rings (SSSR count). The van der Waals surface area contributed by atoms with E-state index < -0.39 is 0 Å². The van der Waals surface area contributed by atoms with Gasteiger partial charge in [-0.15, -0.1) is 0 Å². The van der Waals surface area contributed by atoms with Crippen LogP contribution >= 0.6 is 0 Å². The summed E-state index contributed by atoms with van der Waals surface area (Å²) in [5.74, 6) is 6.35. The third-order valence-corrected chi connectivity index (χ3v) is 3.67. The van der Waals surface area contributed by atoms with E-state index in [1.807, 2.05) is 6.08 Å². The Hall–Kier alpha value is -1.78. The first-order valence-electron chi connectivity index (χ1n) is 8.09. The van der Waals surface area contributed by atoms with E-state index in [4.69, 9.17) is 0 Å². The van der Waals surface area contributed by atoms with Crippen molar-refractivity contribution in [3.05, 3.63) is 53.6 Å². The van der Waals surface area contributed by atoms with Gasteiger partial charge in [0, 0.05) is 18.5 Å². The molecule has 0 aliphatic heterocycles. The van der Waals surface area contributed by atoms with Crippen LogP contribution in [0.15, 0.2) is 42.5 Å². The lowest BCUT2D eigenvalue weighted by molar-refractivity contribution is 0.418. The lowest BCUT2D eigenvalue weighted by Crippen LogP contribution is -2.21. The molecule has 0 fully saturated rings. The summed E-state index contributed by atoms with van der Waals surface area (Å²) >= 11 is 0. The zero-order valence-electron chi connectivity index (χ0n) is 14.3. The average molecular weight is 293 g/mol. The van der Waals surface area contributed by atoms with Gasteiger partial charge in [0.2, 0.25) is 0 Å². The van der Waals surface area contributed by atoms with Gasteiger partial charge < -0.3 is 0 Å².